The average molecular weight is 357 g/mol. The first-order valence-electron chi connectivity index (χ1n) is 8.63. The quantitative estimate of drug-likeness (QED) is 0.601. The van der Waals surface area contributed by atoms with Gasteiger partial charge in [0.1, 0.15) is 5.75 Å². The number of nitriles is 1. The molecule has 0 radical (unpaired) electrons. The van der Waals surface area contributed by atoms with Gasteiger partial charge in [0.15, 0.2) is 0 Å². The summed E-state index contributed by atoms with van der Waals surface area (Å²) in [5.74, 6) is 0.720. The molecule has 0 fully saturated rings. The molecule has 2 aromatic carbocycles. The number of benzene rings is 2. The fraction of sp³-hybridized carbons (Fsp3) is 0.333. The molecular formula is C21H32N4O. The summed E-state index contributed by atoms with van der Waals surface area (Å²) in [6.07, 6.45) is 1.21. The van der Waals surface area contributed by atoms with Crippen molar-refractivity contribution in [1.29, 1.82) is 10.7 Å². The second kappa shape index (κ2) is 15.5. The molecule has 0 aliphatic rings. The Labute approximate surface area is 158 Å². The molecule has 0 unspecified atom stereocenters. The van der Waals surface area contributed by atoms with Gasteiger partial charge in [-0.15, -0.1) is 0 Å². The number of anilines is 2. The van der Waals surface area contributed by atoms with Crippen LogP contribution < -0.4 is 15.4 Å². The molecule has 142 valence electrons. The van der Waals surface area contributed by atoms with Gasteiger partial charge in [-0.05, 0) is 42.5 Å². The van der Waals surface area contributed by atoms with E-state index in [9.17, 15) is 0 Å². The average Bonchev–Trinajstić information content (AvgIpc) is 2.72. The molecule has 2 aromatic rings. The third-order valence-electron chi connectivity index (χ3n) is 2.96. The van der Waals surface area contributed by atoms with Crippen molar-refractivity contribution in [3.8, 4) is 11.8 Å². The van der Waals surface area contributed by atoms with E-state index in [0.29, 0.717) is 16.8 Å². The summed E-state index contributed by atoms with van der Waals surface area (Å²) in [5.41, 5.74) is 8.65. The molecule has 0 saturated carbocycles. The van der Waals surface area contributed by atoms with E-state index in [1.807, 2.05) is 71.0 Å². The van der Waals surface area contributed by atoms with Gasteiger partial charge in [-0.2, -0.15) is 5.26 Å². The summed E-state index contributed by atoms with van der Waals surface area (Å²) >= 11 is 0. The molecule has 0 heterocycles. The molecule has 0 aliphatic heterocycles. The maximum Gasteiger partial charge on any atom is 0.119 e. The van der Waals surface area contributed by atoms with Crippen molar-refractivity contribution in [1.82, 2.24) is 0 Å². The number of methoxy groups -OCH3 is 1. The first kappa shape index (κ1) is 25.2. The van der Waals surface area contributed by atoms with Gasteiger partial charge in [0.25, 0.3) is 0 Å². The van der Waals surface area contributed by atoms with Crippen LogP contribution in [0.4, 0.5) is 11.4 Å². The van der Waals surface area contributed by atoms with Crippen molar-refractivity contribution in [3.63, 3.8) is 0 Å². The lowest BCUT2D eigenvalue weighted by molar-refractivity contribution is 0.415. The molecule has 0 spiro atoms. The van der Waals surface area contributed by atoms with E-state index in [0.717, 1.165) is 11.4 Å². The maximum atomic E-state index is 8.50. The van der Waals surface area contributed by atoms with Crippen LogP contribution in [0.25, 0.3) is 0 Å². The predicted molar refractivity (Wildman–Crippen MR) is 113 cm³/mol. The van der Waals surface area contributed by atoms with Gasteiger partial charge in [-0.25, -0.2) is 0 Å². The van der Waals surface area contributed by atoms with E-state index < -0.39 is 0 Å². The zero-order valence-electron chi connectivity index (χ0n) is 17.0. The van der Waals surface area contributed by atoms with E-state index in [1.165, 1.54) is 6.21 Å². The third kappa shape index (κ3) is 9.33. The molecule has 2 rings (SSSR count). The lowest BCUT2D eigenvalue weighted by Crippen LogP contribution is -2.07. The van der Waals surface area contributed by atoms with Crippen molar-refractivity contribution in [2.75, 3.05) is 31.8 Å². The van der Waals surface area contributed by atoms with Crippen LogP contribution >= 0.6 is 0 Å². The zero-order valence-corrected chi connectivity index (χ0v) is 17.0. The molecule has 0 amide bonds. The number of nitrogens with one attached hydrogen (secondary N) is 1. The highest BCUT2D eigenvalue weighted by Gasteiger charge is 1.96. The van der Waals surface area contributed by atoms with E-state index in [-0.39, 0.29) is 0 Å². The number of ether oxygens (including phenoxy) is 1. The number of rotatable bonds is 3. The number of nitrogens with zero attached hydrogens (tertiary/aromatic N) is 2. The van der Waals surface area contributed by atoms with E-state index in [1.54, 1.807) is 25.3 Å². The van der Waals surface area contributed by atoms with Crippen LogP contribution in [0, 0.1) is 16.7 Å². The monoisotopic (exact) mass is 356 g/mol. The fourth-order valence-electron chi connectivity index (χ4n) is 1.64. The number of hydrogen-bond acceptors (Lipinski definition) is 5. The first-order valence-corrected chi connectivity index (χ1v) is 8.63. The Kier molecular flexibility index (Phi) is 15.1. The van der Waals surface area contributed by atoms with E-state index >= 15 is 0 Å². The van der Waals surface area contributed by atoms with Gasteiger partial charge in [0, 0.05) is 37.2 Å². The molecule has 0 bridgehead atoms. The van der Waals surface area contributed by atoms with E-state index in [4.69, 9.17) is 21.1 Å². The van der Waals surface area contributed by atoms with Crippen LogP contribution in [0.15, 0.2) is 42.5 Å². The van der Waals surface area contributed by atoms with Crippen molar-refractivity contribution in [3.05, 3.63) is 53.6 Å². The molecule has 0 aliphatic carbocycles. The molecule has 0 aromatic heterocycles. The highest BCUT2D eigenvalue weighted by atomic mass is 16.5. The summed E-state index contributed by atoms with van der Waals surface area (Å²) in [6.45, 7) is 8.00. The standard InChI is InChI=1S/C9H10N2.C8H10N2O.2C2H6/c1-11(2)9-5-3-8(7-10)4-6-9;1-11-7-2-3-8(10)6(4-7)5-9;2*1-2/h3-6H,1-2H3;2-5,9H,10H2,1H3;2*1-2H3. The highest BCUT2D eigenvalue weighted by molar-refractivity contribution is 5.85. The number of nitrogen functional groups attached to an aromatic ring is 1. The summed E-state index contributed by atoms with van der Waals surface area (Å²) < 4.78 is 4.95. The van der Waals surface area contributed by atoms with Crippen molar-refractivity contribution < 1.29 is 4.74 Å². The molecular weight excluding hydrogens is 324 g/mol. The molecule has 0 saturated heterocycles. The minimum Gasteiger partial charge on any atom is -0.497 e. The van der Waals surface area contributed by atoms with Gasteiger partial charge < -0.3 is 20.8 Å². The van der Waals surface area contributed by atoms with Crippen molar-refractivity contribution in [2.24, 2.45) is 0 Å². The highest BCUT2D eigenvalue weighted by Crippen LogP contribution is 2.17. The van der Waals surface area contributed by atoms with Crippen LogP contribution in [0.2, 0.25) is 0 Å². The normalized spacial score (nSPS) is 8.08. The summed E-state index contributed by atoms with van der Waals surface area (Å²) in [4.78, 5) is 2.00. The van der Waals surface area contributed by atoms with Gasteiger partial charge in [0.2, 0.25) is 0 Å². The SMILES string of the molecule is CC.CC.CN(C)c1ccc(C#N)cc1.COc1ccc(N)c(C=N)c1. The van der Waals surface area contributed by atoms with E-state index in [2.05, 4.69) is 6.07 Å². The zero-order chi connectivity index (χ0) is 20.5. The first-order chi connectivity index (χ1) is 12.5. The smallest absolute Gasteiger partial charge is 0.119 e. The van der Waals surface area contributed by atoms with Crippen molar-refractivity contribution >= 4 is 17.6 Å². The Morgan fingerprint density at radius 1 is 1.04 bits per heavy atom. The van der Waals surface area contributed by atoms with Gasteiger partial charge in [0.05, 0.1) is 18.7 Å². The Bertz CT molecular complexity index is 659. The fourth-order valence-corrected chi connectivity index (χ4v) is 1.64. The Balaban J connectivity index is 0. The summed E-state index contributed by atoms with van der Waals surface area (Å²) in [7, 11) is 5.53. The second-order valence-corrected chi connectivity index (χ2v) is 4.69. The second-order valence-electron chi connectivity index (χ2n) is 4.69. The minimum absolute atomic E-state index is 0.598. The Hall–Kier alpha value is -3.00. The predicted octanol–water partition coefficient (Wildman–Crippen LogP) is 4.95. The minimum atomic E-state index is 0.598. The van der Waals surface area contributed by atoms with Crippen LogP contribution in [0.3, 0.4) is 0 Å². The summed E-state index contributed by atoms with van der Waals surface area (Å²) in [5, 5.41) is 15.5. The van der Waals surface area contributed by atoms with Gasteiger partial charge in [-0.3, -0.25) is 0 Å². The van der Waals surface area contributed by atoms with Crippen LogP contribution in [0.1, 0.15) is 38.8 Å². The Morgan fingerprint density at radius 3 is 1.96 bits per heavy atom. The lowest BCUT2D eigenvalue weighted by atomic mass is 10.2. The lowest BCUT2D eigenvalue weighted by Gasteiger charge is -2.11. The van der Waals surface area contributed by atoms with Crippen LogP contribution in [-0.2, 0) is 0 Å². The maximum absolute atomic E-state index is 8.50. The van der Waals surface area contributed by atoms with Crippen molar-refractivity contribution in [2.45, 2.75) is 27.7 Å². The van der Waals surface area contributed by atoms with Gasteiger partial charge in [-0.1, -0.05) is 27.7 Å². The topological polar surface area (TPSA) is 86.1 Å². The van der Waals surface area contributed by atoms with Crippen LogP contribution in [0.5, 0.6) is 5.75 Å². The molecule has 26 heavy (non-hydrogen) atoms. The molecule has 5 nitrogen and oxygen atoms in total. The summed E-state index contributed by atoms with van der Waals surface area (Å²) in [6, 6.07) is 14.8. The largest absolute Gasteiger partial charge is 0.497 e. The molecule has 3 N–H and O–H groups in total. The van der Waals surface area contributed by atoms with Gasteiger partial charge >= 0.3 is 0 Å². The third-order valence-corrected chi connectivity index (χ3v) is 2.96. The Morgan fingerprint density at radius 2 is 1.58 bits per heavy atom. The molecule has 5 heteroatoms. The molecule has 0 atom stereocenters. The van der Waals surface area contributed by atoms with Crippen LogP contribution in [-0.4, -0.2) is 27.4 Å². The number of nitrogens with two attached hydrogens (primary N) is 1. The number of hydrogen-bond donors (Lipinski definition) is 2.